The molecule has 0 atom stereocenters. The number of hydrogen-bond acceptors (Lipinski definition) is 6. The number of benzene rings is 2. The second-order valence-electron chi connectivity index (χ2n) is 5.77. The molecule has 29 heavy (non-hydrogen) atoms. The third-order valence-electron chi connectivity index (χ3n) is 3.76. The van der Waals surface area contributed by atoms with Crippen LogP contribution in [-0.2, 0) is 4.79 Å². The van der Waals surface area contributed by atoms with Gasteiger partial charge in [-0.05, 0) is 43.3 Å². The first-order valence-electron chi connectivity index (χ1n) is 8.40. The normalized spacial score (nSPS) is 10.4. The highest BCUT2D eigenvalue weighted by molar-refractivity contribution is 7.16. The summed E-state index contributed by atoms with van der Waals surface area (Å²) in [5.41, 5.74) is 1.68. The van der Waals surface area contributed by atoms with Crippen molar-refractivity contribution in [2.24, 2.45) is 0 Å². The van der Waals surface area contributed by atoms with Crippen molar-refractivity contribution in [3.63, 3.8) is 0 Å². The van der Waals surface area contributed by atoms with E-state index in [1.54, 1.807) is 36.4 Å². The van der Waals surface area contributed by atoms with Crippen molar-refractivity contribution in [1.29, 1.82) is 5.26 Å². The Kier molecular flexibility index (Phi) is 6.36. The van der Waals surface area contributed by atoms with Crippen molar-refractivity contribution in [3.8, 4) is 28.8 Å². The topological polar surface area (TPSA) is 84.2 Å². The van der Waals surface area contributed by atoms with Crippen LogP contribution in [0.4, 0.5) is 13.9 Å². The molecule has 148 valence electrons. The van der Waals surface area contributed by atoms with Crippen molar-refractivity contribution in [1.82, 2.24) is 4.98 Å². The van der Waals surface area contributed by atoms with Gasteiger partial charge in [-0.1, -0.05) is 12.1 Å². The second kappa shape index (κ2) is 9.12. The van der Waals surface area contributed by atoms with E-state index >= 15 is 0 Å². The summed E-state index contributed by atoms with van der Waals surface area (Å²) in [6, 6.07) is 14.7. The molecule has 0 fully saturated rings. The molecule has 0 bridgehead atoms. The maximum atomic E-state index is 12.2. The van der Waals surface area contributed by atoms with E-state index in [0.717, 1.165) is 4.88 Å². The number of carbonyl (C=O) groups excluding carboxylic acids is 1. The number of carbonyl (C=O) groups is 1. The number of nitriles is 1. The van der Waals surface area contributed by atoms with Crippen LogP contribution in [0.2, 0.25) is 0 Å². The van der Waals surface area contributed by atoms with E-state index < -0.39 is 12.5 Å². The molecule has 1 N–H and O–H groups in total. The number of rotatable bonds is 7. The van der Waals surface area contributed by atoms with E-state index in [4.69, 9.17) is 10.00 Å². The summed E-state index contributed by atoms with van der Waals surface area (Å²) in [4.78, 5) is 17.4. The van der Waals surface area contributed by atoms with Gasteiger partial charge in [0, 0.05) is 10.4 Å². The molecule has 0 unspecified atom stereocenters. The monoisotopic (exact) mass is 415 g/mol. The number of aryl methyl sites for hydroxylation is 1. The minimum atomic E-state index is -2.88. The Hall–Kier alpha value is -3.51. The predicted molar refractivity (Wildman–Crippen MR) is 104 cm³/mol. The lowest BCUT2D eigenvalue weighted by Gasteiger charge is -2.07. The molecule has 2 aromatic carbocycles. The Balaban J connectivity index is 1.64. The average molecular weight is 415 g/mol. The maximum Gasteiger partial charge on any atom is 0.387 e. The maximum absolute atomic E-state index is 12.2. The van der Waals surface area contributed by atoms with E-state index in [0.29, 0.717) is 27.7 Å². The molecule has 9 heteroatoms. The summed E-state index contributed by atoms with van der Waals surface area (Å²) in [7, 11) is 0. The summed E-state index contributed by atoms with van der Waals surface area (Å²) >= 11 is 1.28. The number of nitrogens with zero attached hydrogens (tertiary/aromatic N) is 2. The van der Waals surface area contributed by atoms with E-state index in [1.807, 2.05) is 13.0 Å². The SMILES string of the molecule is Cc1sc(NC(=O)COc2ccccc2C#N)nc1-c1ccc(OC(F)F)cc1. The Bertz CT molecular complexity index is 1050. The van der Waals surface area contributed by atoms with Crippen LogP contribution >= 0.6 is 11.3 Å². The number of halogens is 2. The smallest absolute Gasteiger partial charge is 0.387 e. The van der Waals surface area contributed by atoms with Crippen molar-refractivity contribution in [2.75, 3.05) is 11.9 Å². The molecular weight excluding hydrogens is 400 g/mol. The van der Waals surface area contributed by atoms with E-state index in [2.05, 4.69) is 15.0 Å². The van der Waals surface area contributed by atoms with Gasteiger partial charge in [-0.25, -0.2) is 4.98 Å². The Morgan fingerprint density at radius 1 is 1.24 bits per heavy atom. The fourth-order valence-electron chi connectivity index (χ4n) is 2.50. The summed E-state index contributed by atoms with van der Waals surface area (Å²) in [6.07, 6.45) is 0. The molecule has 0 aliphatic heterocycles. The van der Waals surface area contributed by atoms with Gasteiger partial charge in [-0.3, -0.25) is 10.1 Å². The minimum absolute atomic E-state index is 0.0555. The first-order chi connectivity index (χ1) is 14.0. The van der Waals surface area contributed by atoms with Crippen molar-refractivity contribution >= 4 is 22.4 Å². The second-order valence-corrected chi connectivity index (χ2v) is 6.97. The van der Waals surface area contributed by atoms with Crippen molar-refractivity contribution in [3.05, 3.63) is 59.0 Å². The van der Waals surface area contributed by atoms with E-state index in [1.165, 1.54) is 23.5 Å². The van der Waals surface area contributed by atoms with Crippen LogP contribution < -0.4 is 14.8 Å². The quantitative estimate of drug-likeness (QED) is 0.609. The molecule has 6 nitrogen and oxygen atoms in total. The van der Waals surface area contributed by atoms with Crippen LogP contribution in [0, 0.1) is 18.3 Å². The molecule has 0 saturated carbocycles. The standard InChI is InChI=1S/C20H15F2N3O3S/c1-12-18(13-6-8-15(9-7-13)28-19(21)22)25-20(29-12)24-17(26)11-27-16-5-3-2-4-14(16)10-23/h2-9,19H,11H2,1H3,(H,24,25,26). The molecule has 1 aromatic heterocycles. The Morgan fingerprint density at radius 2 is 1.97 bits per heavy atom. The Morgan fingerprint density at radius 3 is 2.66 bits per heavy atom. The average Bonchev–Trinajstić information content (AvgIpc) is 3.06. The zero-order chi connectivity index (χ0) is 20.8. The molecule has 0 aliphatic carbocycles. The summed E-state index contributed by atoms with van der Waals surface area (Å²) < 4.78 is 34.2. The number of amides is 1. The van der Waals surface area contributed by atoms with Crippen LogP contribution in [0.15, 0.2) is 48.5 Å². The van der Waals surface area contributed by atoms with E-state index in [-0.39, 0.29) is 12.4 Å². The largest absolute Gasteiger partial charge is 0.482 e. The molecule has 1 amide bonds. The number of nitrogens with one attached hydrogen (secondary N) is 1. The number of thiazole rings is 1. The highest BCUT2D eigenvalue weighted by Crippen LogP contribution is 2.31. The van der Waals surface area contributed by atoms with Gasteiger partial charge in [0.1, 0.15) is 17.6 Å². The number of hydrogen-bond donors (Lipinski definition) is 1. The van der Waals surface area contributed by atoms with Crippen LogP contribution in [0.1, 0.15) is 10.4 Å². The van der Waals surface area contributed by atoms with Crippen LogP contribution in [-0.4, -0.2) is 24.1 Å². The molecule has 3 aromatic rings. The van der Waals surface area contributed by atoms with Crippen molar-refractivity contribution < 1.29 is 23.0 Å². The predicted octanol–water partition coefficient (Wildman–Crippen LogP) is 4.61. The number of para-hydroxylation sites is 1. The number of aromatic nitrogens is 1. The fourth-order valence-corrected chi connectivity index (χ4v) is 3.35. The lowest BCUT2D eigenvalue weighted by molar-refractivity contribution is -0.118. The highest BCUT2D eigenvalue weighted by Gasteiger charge is 2.14. The molecule has 1 heterocycles. The van der Waals surface area contributed by atoms with Gasteiger partial charge in [-0.15, -0.1) is 11.3 Å². The summed E-state index contributed by atoms with van der Waals surface area (Å²) in [5, 5.41) is 12.1. The van der Waals surface area contributed by atoms with E-state index in [9.17, 15) is 13.6 Å². The van der Waals surface area contributed by atoms with Gasteiger partial charge in [0.15, 0.2) is 11.7 Å². The van der Waals surface area contributed by atoms with Crippen LogP contribution in [0.5, 0.6) is 11.5 Å². The van der Waals surface area contributed by atoms with Gasteiger partial charge < -0.3 is 9.47 Å². The lowest BCUT2D eigenvalue weighted by Crippen LogP contribution is -2.20. The molecule has 3 rings (SSSR count). The highest BCUT2D eigenvalue weighted by atomic mass is 32.1. The van der Waals surface area contributed by atoms with Crippen molar-refractivity contribution in [2.45, 2.75) is 13.5 Å². The molecular formula is C20H15F2N3O3S. The lowest BCUT2D eigenvalue weighted by atomic mass is 10.1. The van der Waals surface area contributed by atoms with Gasteiger partial charge in [-0.2, -0.15) is 14.0 Å². The third kappa shape index (κ3) is 5.27. The summed E-state index contributed by atoms with van der Waals surface area (Å²) in [6.45, 7) is -1.32. The first-order valence-corrected chi connectivity index (χ1v) is 9.22. The van der Waals surface area contributed by atoms with Gasteiger partial charge in [0.05, 0.1) is 11.3 Å². The first kappa shape index (κ1) is 20.2. The number of anilines is 1. The summed E-state index contributed by atoms with van der Waals surface area (Å²) in [5.74, 6) is -0.0362. The zero-order valence-electron chi connectivity index (χ0n) is 15.2. The Labute approximate surface area is 169 Å². The van der Waals surface area contributed by atoms with Gasteiger partial charge >= 0.3 is 6.61 Å². The molecule has 0 aliphatic rings. The zero-order valence-corrected chi connectivity index (χ0v) is 16.0. The molecule has 0 radical (unpaired) electrons. The fraction of sp³-hybridized carbons (Fsp3) is 0.150. The minimum Gasteiger partial charge on any atom is -0.482 e. The number of alkyl halides is 2. The van der Waals surface area contributed by atoms with Crippen LogP contribution in [0.25, 0.3) is 11.3 Å². The number of ether oxygens (including phenoxy) is 2. The molecule has 0 saturated heterocycles. The van der Waals surface area contributed by atoms with Gasteiger partial charge in [0.25, 0.3) is 5.91 Å². The third-order valence-corrected chi connectivity index (χ3v) is 4.65. The van der Waals surface area contributed by atoms with Gasteiger partial charge in [0.2, 0.25) is 0 Å². The van der Waals surface area contributed by atoms with Crippen LogP contribution in [0.3, 0.4) is 0 Å². The molecule has 0 spiro atoms.